The van der Waals surface area contributed by atoms with Crippen LogP contribution >= 0.6 is 24.0 Å². The highest BCUT2D eigenvalue weighted by Crippen LogP contribution is 2.08. The van der Waals surface area contributed by atoms with E-state index in [-0.39, 0.29) is 30.1 Å². The summed E-state index contributed by atoms with van der Waals surface area (Å²) in [4.78, 5) is 6.66. The molecule has 0 aromatic rings. The summed E-state index contributed by atoms with van der Waals surface area (Å²) in [6.07, 6.45) is 1.71. The van der Waals surface area contributed by atoms with Crippen LogP contribution in [0, 0.1) is 5.92 Å². The molecule has 1 fully saturated rings. The van der Waals surface area contributed by atoms with Gasteiger partial charge in [-0.05, 0) is 25.7 Å². The lowest BCUT2D eigenvalue weighted by molar-refractivity contribution is 0.130. The molecule has 0 saturated carbocycles. The molecule has 1 atom stereocenters. The predicted molar refractivity (Wildman–Crippen MR) is 93.9 cm³/mol. The lowest BCUT2D eigenvalue weighted by Gasteiger charge is -2.20. The lowest BCUT2D eigenvalue weighted by Crippen LogP contribution is -2.40. The molecule has 1 aliphatic rings. The fourth-order valence-corrected chi connectivity index (χ4v) is 2.00. The molecule has 0 aliphatic carbocycles. The molecule has 120 valence electrons. The number of aliphatic hydroxyl groups is 1. The van der Waals surface area contributed by atoms with Gasteiger partial charge in [0.15, 0.2) is 5.96 Å². The minimum Gasteiger partial charge on any atom is -0.391 e. The number of guanidine groups is 1. The summed E-state index contributed by atoms with van der Waals surface area (Å²) >= 11 is 0. The maximum Gasteiger partial charge on any atom is 0.194 e. The third kappa shape index (κ3) is 8.26. The van der Waals surface area contributed by atoms with Crippen LogP contribution in [0.5, 0.6) is 0 Å². The summed E-state index contributed by atoms with van der Waals surface area (Å²) in [6.45, 7) is 11.0. The first-order chi connectivity index (χ1) is 9.13. The van der Waals surface area contributed by atoms with E-state index in [0.29, 0.717) is 25.6 Å². The fraction of sp³-hybridized carbons (Fsp3) is 0.929. The number of nitrogens with zero attached hydrogens (tertiary/aromatic N) is 2. The van der Waals surface area contributed by atoms with Gasteiger partial charge in [-0.15, -0.1) is 24.0 Å². The number of hydrogen-bond donors (Lipinski definition) is 2. The molecular formula is C14H30IN3O2. The van der Waals surface area contributed by atoms with Crippen molar-refractivity contribution in [3.8, 4) is 0 Å². The third-order valence-electron chi connectivity index (χ3n) is 3.13. The lowest BCUT2D eigenvalue weighted by atomic mass is 10.1. The molecule has 0 radical (unpaired) electrons. The minimum absolute atomic E-state index is 0. The summed E-state index contributed by atoms with van der Waals surface area (Å²) in [5.41, 5.74) is 0. The van der Waals surface area contributed by atoms with E-state index in [4.69, 9.17) is 4.74 Å². The first-order valence-corrected chi connectivity index (χ1v) is 7.42. The minimum atomic E-state index is -0.217. The first-order valence-electron chi connectivity index (χ1n) is 7.42. The first kappa shape index (κ1) is 19.9. The standard InChI is InChI=1S/C14H29N3O2.HI/c1-4-15-14(17-8-5-13(18)11-17)16-7-10-19-9-6-12(2)3;/h12-13,18H,4-11H2,1-3H3,(H,15,16);1H/t13-;/m1./s1. The number of halogens is 1. The summed E-state index contributed by atoms with van der Waals surface area (Å²) in [6, 6.07) is 0. The van der Waals surface area contributed by atoms with Crippen molar-refractivity contribution < 1.29 is 9.84 Å². The Labute approximate surface area is 140 Å². The van der Waals surface area contributed by atoms with Crippen molar-refractivity contribution in [1.29, 1.82) is 0 Å². The molecule has 1 saturated heterocycles. The van der Waals surface area contributed by atoms with E-state index in [1.807, 2.05) is 0 Å². The second-order valence-electron chi connectivity index (χ2n) is 5.42. The Morgan fingerprint density at radius 1 is 1.45 bits per heavy atom. The number of aliphatic hydroxyl groups excluding tert-OH is 1. The summed E-state index contributed by atoms with van der Waals surface area (Å²) in [5, 5.41) is 12.8. The van der Waals surface area contributed by atoms with Gasteiger partial charge in [0.2, 0.25) is 0 Å². The van der Waals surface area contributed by atoms with Crippen LogP contribution in [0.1, 0.15) is 33.6 Å². The quantitative estimate of drug-likeness (QED) is 0.296. The average Bonchev–Trinajstić information content (AvgIpc) is 2.78. The van der Waals surface area contributed by atoms with Gasteiger partial charge in [0.1, 0.15) is 0 Å². The molecule has 0 spiro atoms. The largest absolute Gasteiger partial charge is 0.391 e. The SMILES string of the molecule is CCNC(=NCCOCCC(C)C)N1CC[C@@H](O)C1.I. The van der Waals surface area contributed by atoms with Crippen molar-refractivity contribution in [3.63, 3.8) is 0 Å². The molecule has 0 unspecified atom stereocenters. The van der Waals surface area contributed by atoms with Crippen LogP contribution in [0.3, 0.4) is 0 Å². The molecule has 5 nitrogen and oxygen atoms in total. The molecule has 20 heavy (non-hydrogen) atoms. The Balaban J connectivity index is 0.00000361. The number of likely N-dealkylation sites (tertiary alicyclic amines) is 1. The number of nitrogens with one attached hydrogen (secondary N) is 1. The van der Waals surface area contributed by atoms with E-state index in [1.165, 1.54) is 0 Å². The predicted octanol–water partition coefficient (Wildman–Crippen LogP) is 1.70. The Bertz CT molecular complexity index is 275. The van der Waals surface area contributed by atoms with E-state index in [2.05, 4.69) is 36.0 Å². The summed E-state index contributed by atoms with van der Waals surface area (Å²) in [7, 11) is 0. The molecule has 1 aliphatic heterocycles. The van der Waals surface area contributed by atoms with Gasteiger partial charge >= 0.3 is 0 Å². The maximum atomic E-state index is 9.56. The molecule has 0 amide bonds. The van der Waals surface area contributed by atoms with Crippen molar-refractivity contribution >= 4 is 29.9 Å². The Kier molecular flexibility index (Phi) is 11.5. The molecule has 0 aromatic heterocycles. The van der Waals surface area contributed by atoms with Crippen LogP contribution in [-0.4, -0.2) is 61.5 Å². The van der Waals surface area contributed by atoms with Crippen molar-refractivity contribution in [2.75, 3.05) is 39.4 Å². The maximum absolute atomic E-state index is 9.56. The van der Waals surface area contributed by atoms with Gasteiger partial charge in [0, 0.05) is 26.2 Å². The topological polar surface area (TPSA) is 57.1 Å². The molecule has 0 aromatic carbocycles. The Morgan fingerprint density at radius 3 is 2.75 bits per heavy atom. The van der Waals surface area contributed by atoms with Crippen molar-refractivity contribution in [2.45, 2.75) is 39.7 Å². The van der Waals surface area contributed by atoms with Crippen molar-refractivity contribution in [3.05, 3.63) is 0 Å². The van der Waals surface area contributed by atoms with E-state index in [1.54, 1.807) is 0 Å². The van der Waals surface area contributed by atoms with Gasteiger partial charge in [-0.3, -0.25) is 4.99 Å². The van der Waals surface area contributed by atoms with E-state index in [0.717, 1.165) is 38.5 Å². The van der Waals surface area contributed by atoms with E-state index < -0.39 is 0 Å². The highest BCUT2D eigenvalue weighted by Gasteiger charge is 2.22. The second kappa shape index (κ2) is 11.6. The summed E-state index contributed by atoms with van der Waals surface area (Å²) in [5.74, 6) is 1.58. The van der Waals surface area contributed by atoms with Gasteiger partial charge < -0.3 is 20.1 Å². The van der Waals surface area contributed by atoms with Crippen LogP contribution in [0.4, 0.5) is 0 Å². The number of rotatable bonds is 7. The van der Waals surface area contributed by atoms with Crippen molar-refractivity contribution in [2.24, 2.45) is 10.9 Å². The van der Waals surface area contributed by atoms with E-state index in [9.17, 15) is 5.11 Å². The van der Waals surface area contributed by atoms with Gasteiger partial charge in [-0.2, -0.15) is 0 Å². The van der Waals surface area contributed by atoms with Gasteiger partial charge in [-0.25, -0.2) is 0 Å². The van der Waals surface area contributed by atoms with Crippen LogP contribution in [-0.2, 0) is 4.74 Å². The Hall–Kier alpha value is -0.0800. The number of aliphatic imine (C=N–C) groups is 1. The normalized spacial score (nSPS) is 19.4. The van der Waals surface area contributed by atoms with Gasteiger partial charge in [0.05, 0.1) is 19.3 Å². The van der Waals surface area contributed by atoms with Crippen molar-refractivity contribution in [1.82, 2.24) is 10.2 Å². The monoisotopic (exact) mass is 399 g/mol. The van der Waals surface area contributed by atoms with Gasteiger partial charge in [-0.1, -0.05) is 13.8 Å². The zero-order chi connectivity index (χ0) is 14.1. The molecule has 2 N–H and O–H groups in total. The average molecular weight is 399 g/mol. The molecule has 1 heterocycles. The van der Waals surface area contributed by atoms with Crippen LogP contribution in [0.2, 0.25) is 0 Å². The fourth-order valence-electron chi connectivity index (χ4n) is 2.00. The molecular weight excluding hydrogens is 369 g/mol. The smallest absolute Gasteiger partial charge is 0.194 e. The third-order valence-corrected chi connectivity index (χ3v) is 3.13. The zero-order valence-electron chi connectivity index (χ0n) is 13.0. The van der Waals surface area contributed by atoms with Crippen LogP contribution < -0.4 is 5.32 Å². The van der Waals surface area contributed by atoms with Gasteiger partial charge in [0.25, 0.3) is 0 Å². The van der Waals surface area contributed by atoms with Crippen LogP contribution in [0.25, 0.3) is 0 Å². The molecule has 1 rings (SSSR count). The van der Waals surface area contributed by atoms with Crippen LogP contribution in [0.15, 0.2) is 4.99 Å². The molecule has 6 heteroatoms. The highest BCUT2D eigenvalue weighted by atomic mass is 127. The summed E-state index contributed by atoms with van der Waals surface area (Å²) < 4.78 is 5.55. The highest BCUT2D eigenvalue weighted by molar-refractivity contribution is 14.0. The molecule has 0 bridgehead atoms. The second-order valence-corrected chi connectivity index (χ2v) is 5.42. The van der Waals surface area contributed by atoms with E-state index >= 15 is 0 Å². The zero-order valence-corrected chi connectivity index (χ0v) is 15.3. The number of hydrogen-bond acceptors (Lipinski definition) is 3. The number of β-amino-alcohol motifs (C(OH)–C–C–N with tert-alkyl or cyclic N) is 1. The number of ether oxygens (including phenoxy) is 1. The Morgan fingerprint density at radius 2 is 2.20 bits per heavy atom.